The van der Waals surface area contributed by atoms with Gasteiger partial charge in [0, 0.05) is 25.7 Å². The summed E-state index contributed by atoms with van der Waals surface area (Å²) in [5, 5.41) is 2.92. The average molecular weight is 257 g/mol. The van der Waals surface area contributed by atoms with E-state index in [0.29, 0.717) is 0 Å². The highest BCUT2D eigenvalue weighted by atomic mass is 16.1. The minimum absolute atomic E-state index is 0.0514. The number of nitrogens with zero attached hydrogens (tertiary/aromatic N) is 2. The summed E-state index contributed by atoms with van der Waals surface area (Å²) in [5.41, 5.74) is 1.33. The normalized spacial score (nSPS) is 16.8. The van der Waals surface area contributed by atoms with Gasteiger partial charge in [-0.2, -0.15) is 0 Å². The number of likely N-dealkylation sites (tertiary alicyclic amines) is 1. The van der Waals surface area contributed by atoms with Gasteiger partial charge in [-0.1, -0.05) is 30.3 Å². The van der Waals surface area contributed by atoms with Crippen LogP contribution in [-0.4, -0.2) is 36.5 Å². The van der Waals surface area contributed by atoms with E-state index in [4.69, 9.17) is 6.57 Å². The number of rotatable bonds is 4. The molecule has 0 aromatic heterocycles. The second-order valence-electron chi connectivity index (χ2n) is 4.92. The Morgan fingerprint density at radius 3 is 2.63 bits per heavy atom. The minimum Gasteiger partial charge on any atom is -0.347 e. The van der Waals surface area contributed by atoms with E-state index >= 15 is 0 Å². The molecule has 0 radical (unpaired) electrons. The van der Waals surface area contributed by atoms with Crippen molar-refractivity contribution >= 4 is 5.91 Å². The first-order valence-electron chi connectivity index (χ1n) is 6.67. The third-order valence-corrected chi connectivity index (χ3v) is 3.42. The van der Waals surface area contributed by atoms with Crippen molar-refractivity contribution < 1.29 is 4.79 Å². The number of amides is 1. The topological polar surface area (TPSA) is 36.7 Å². The summed E-state index contributed by atoms with van der Waals surface area (Å²) in [7, 11) is 0. The maximum Gasteiger partial charge on any atom is 0.300 e. The molecule has 1 N–H and O–H groups in total. The quantitative estimate of drug-likeness (QED) is 0.833. The molecular weight excluding hydrogens is 238 g/mol. The Balaban J connectivity index is 1.74. The van der Waals surface area contributed by atoms with Crippen LogP contribution < -0.4 is 5.32 Å². The Morgan fingerprint density at radius 1 is 1.32 bits per heavy atom. The van der Waals surface area contributed by atoms with Crippen molar-refractivity contribution in [1.29, 1.82) is 0 Å². The highest BCUT2D eigenvalue weighted by Gasteiger charge is 2.21. The van der Waals surface area contributed by atoms with E-state index in [2.05, 4.69) is 39.3 Å². The Kier molecular flexibility index (Phi) is 4.93. The van der Waals surface area contributed by atoms with Crippen LogP contribution in [0.1, 0.15) is 18.4 Å². The van der Waals surface area contributed by atoms with Crippen molar-refractivity contribution in [2.45, 2.75) is 25.4 Å². The zero-order valence-corrected chi connectivity index (χ0v) is 11.0. The molecule has 0 aliphatic carbocycles. The van der Waals surface area contributed by atoms with Gasteiger partial charge in [-0.3, -0.25) is 9.69 Å². The van der Waals surface area contributed by atoms with Gasteiger partial charge in [0.2, 0.25) is 0 Å². The van der Waals surface area contributed by atoms with Gasteiger partial charge in [-0.15, -0.1) is 0 Å². The Bertz CT molecular complexity index is 444. The maximum atomic E-state index is 11.3. The summed E-state index contributed by atoms with van der Waals surface area (Å²) in [5.74, 6) is -0.142. The molecular formula is C15H19N3O. The predicted molar refractivity (Wildman–Crippen MR) is 74.4 cm³/mol. The van der Waals surface area contributed by atoms with Gasteiger partial charge < -0.3 is 10.2 Å². The monoisotopic (exact) mass is 257 g/mol. The van der Waals surface area contributed by atoms with Crippen molar-refractivity contribution in [2.24, 2.45) is 0 Å². The van der Waals surface area contributed by atoms with Crippen LogP contribution in [0, 0.1) is 6.57 Å². The second kappa shape index (κ2) is 6.91. The Labute approximate surface area is 114 Å². The summed E-state index contributed by atoms with van der Waals surface area (Å²) in [4.78, 5) is 16.9. The Morgan fingerprint density at radius 2 is 2.00 bits per heavy atom. The summed E-state index contributed by atoms with van der Waals surface area (Å²) in [6.45, 7) is 9.58. The molecule has 0 unspecified atom stereocenters. The molecule has 1 amide bonds. The molecule has 1 aromatic rings. The van der Waals surface area contributed by atoms with Crippen LogP contribution in [0.2, 0.25) is 0 Å². The summed E-state index contributed by atoms with van der Waals surface area (Å²) in [6.07, 6.45) is 1.94. The van der Waals surface area contributed by atoms with Gasteiger partial charge in [0.15, 0.2) is 0 Å². The smallest absolute Gasteiger partial charge is 0.300 e. The molecule has 2 rings (SSSR count). The zero-order chi connectivity index (χ0) is 13.5. The molecule has 1 aliphatic heterocycles. The van der Waals surface area contributed by atoms with Crippen LogP contribution in [-0.2, 0) is 11.3 Å². The van der Waals surface area contributed by atoms with Crippen LogP contribution in [0.15, 0.2) is 30.3 Å². The van der Waals surface area contributed by atoms with Gasteiger partial charge in [0.25, 0.3) is 12.5 Å². The fourth-order valence-electron chi connectivity index (χ4n) is 2.42. The predicted octanol–water partition coefficient (Wildman–Crippen LogP) is 1.69. The van der Waals surface area contributed by atoms with Gasteiger partial charge in [-0.05, 0) is 18.4 Å². The molecule has 0 bridgehead atoms. The summed E-state index contributed by atoms with van der Waals surface area (Å²) in [6, 6.07) is 10.7. The third kappa shape index (κ3) is 4.38. The van der Waals surface area contributed by atoms with Crippen LogP contribution >= 0.6 is 0 Å². The number of piperidine rings is 1. The number of hydrogen-bond donors (Lipinski definition) is 1. The van der Waals surface area contributed by atoms with Crippen LogP contribution in [0.25, 0.3) is 4.85 Å². The van der Waals surface area contributed by atoms with Crippen molar-refractivity contribution in [3.63, 3.8) is 0 Å². The molecule has 0 saturated carbocycles. The van der Waals surface area contributed by atoms with Crippen molar-refractivity contribution in [3.05, 3.63) is 47.3 Å². The fraction of sp³-hybridized carbons (Fsp3) is 0.467. The standard InChI is InChI=1S/C15H19N3O/c1-16-11-15(19)17-14-7-9-18(10-8-14)12-13-5-3-2-4-6-13/h2-6,14H,7-12H2,(H,17,19). The fourth-order valence-corrected chi connectivity index (χ4v) is 2.42. The second-order valence-corrected chi connectivity index (χ2v) is 4.92. The lowest BCUT2D eigenvalue weighted by Gasteiger charge is -2.32. The molecule has 1 aliphatic rings. The molecule has 100 valence electrons. The van der Waals surface area contributed by atoms with Gasteiger partial charge >= 0.3 is 0 Å². The van der Waals surface area contributed by atoms with Crippen molar-refractivity contribution in [3.8, 4) is 0 Å². The number of carbonyl (C=O) groups is 1. The SMILES string of the molecule is [C-]#[N+]CC(=O)NC1CCN(Cc2ccccc2)CC1. The first kappa shape index (κ1) is 13.6. The first-order valence-corrected chi connectivity index (χ1v) is 6.67. The molecule has 0 atom stereocenters. The average Bonchev–Trinajstić information content (AvgIpc) is 2.42. The number of carbonyl (C=O) groups excluding carboxylic acids is 1. The third-order valence-electron chi connectivity index (χ3n) is 3.42. The van der Waals surface area contributed by atoms with E-state index in [-0.39, 0.29) is 18.5 Å². The molecule has 0 spiro atoms. The van der Waals surface area contributed by atoms with E-state index < -0.39 is 0 Å². The molecule has 4 nitrogen and oxygen atoms in total. The lowest BCUT2D eigenvalue weighted by molar-refractivity contribution is -0.120. The Hall–Kier alpha value is -1.86. The highest BCUT2D eigenvalue weighted by Crippen LogP contribution is 2.13. The molecule has 1 aromatic carbocycles. The maximum absolute atomic E-state index is 11.3. The number of hydrogen-bond acceptors (Lipinski definition) is 2. The van der Waals surface area contributed by atoms with E-state index in [1.807, 2.05) is 6.07 Å². The van der Waals surface area contributed by atoms with Crippen LogP contribution in [0.4, 0.5) is 0 Å². The molecule has 4 heteroatoms. The first-order chi connectivity index (χ1) is 9.28. The van der Waals surface area contributed by atoms with Crippen molar-refractivity contribution in [1.82, 2.24) is 10.2 Å². The van der Waals surface area contributed by atoms with Crippen molar-refractivity contribution in [2.75, 3.05) is 19.6 Å². The lowest BCUT2D eigenvalue weighted by atomic mass is 10.0. The molecule has 1 fully saturated rings. The van der Waals surface area contributed by atoms with E-state index in [9.17, 15) is 4.79 Å². The van der Waals surface area contributed by atoms with E-state index in [1.165, 1.54) is 5.56 Å². The largest absolute Gasteiger partial charge is 0.347 e. The minimum atomic E-state index is -0.142. The van der Waals surface area contributed by atoms with E-state index in [0.717, 1.165) is 32.5 Å². The molecule has 19 heavy (non-hydrogen) atoms. The number of benzene rings is 1. The molecule has 1 saturated heterocycles. The highest BCUT2D eigenvalue weighted by molar-refractivity contribution is 5.79. The van der Waals surface area contributed by atoms with Crippen LogP contribution in [0.5, 0.6) is 0 Å². The van der Waals surface area contributed by atoms with E-state index in [1.54, 1.807) is 0 Å². The van der Waals surface area contributed by atoms with Gasteiger partial charge in [0.05, 0.1) is 0 Å². The van der Waals surface area contributed by atoms with Crippen LogP contribution in [0.3, 0.4) is 0 Å². The summed E-state index contributed by atoms with van der Waals surface area (Å²) >= 11 is 0. The van der Waals surface area contributed by atoms with Gasteiger partial charge in [-0.25, -0.2) is 6.57 Å². The summed E-state index contributed by atoms with van der Waals surface area (Å²) < 4.78 is 0. The zero-order valence-electron chi connectivity index (χ0n) is 11.0. The lowest BCUT2D eigenvalue weighted by Crippen LogP contribution is -2.44. The molecule has 1 heterocycles. The van der Waals surface area contributed by atoms with Gasteiger partial charge in [0.1, 0.15) is 0 Å². The number of nitrogens with one attached hydrogen (secondary N) is 1.